The fourth-order valence-electron chi connectivity index (χ4n) is 2.78. The molecule has 0 aliphatic heterocycles. The molecule has 0 spiro atoms. The Kier molecular flexibility index (Phi) is 6.64. The van der Waals surface area contributed by atoms with Gasteiger partial charge in [-0.1, -0.05) is 12.1 Å². The molecule has 3 aromatic rings. The molecule has 3 aromatic carbocycles. The topological polar surface area (TPSA) is 76.7 Å². The van der Waals surface area contributed by atoms with E-state index in [1.54, 1.807) is 68.6 Å². The third-order valence-electron chi connectivity index (χ3n) is 4.26. The first-order valence-corrected chi connectivity index (χ1v) is 9.30. The van der Waals surface area contributed by atoms with Gasteiger partial charge in [0.05, 0.1) is 25.0 Å². The summed E-state index contributed by atoms with van der Waals surface area (Å²) in [5.74, 6) is -0.679. The van der Waals surface area contributed by atoms with Gasteiger partial charge >= 0.3 is 0 Å². The van der Waals surface area contributed by atoms with Gasteiger partial charge in [-0.15, -0.1) is 0 Å². The number of carbonyl (C=O) groups excluding carboxylic acids is 2. The van der Waals surface area contributed by atoms with Crippen LogP contribution in [0.5, 0.6) is 11.5 Å². The molecule has 0 bridgehead atoms. The molecule has 0 aliphatic carbocycles. The number of rotatable bonds is 7. The second-order valence-corrected chi connectivity index (χ2v) is 6.26. The Bertz CT molecular complexity index is 1050. The van der Waals surface area contributed by atoms with Crippen LogP contribution in [0.3, 0.4) is 0 Å². The molecule has 0 aliphatic rings. The molecule has 0 radical (unpaired) electrons. The summed E-state index contributed by atoms with van der Waals surface area (Å²) in [6, 6.07) is 17.4. The molecular weight excluding hydrogens is 387 g/mol. The van der Waals surface area contributed by atoms with Gasteiger partial charge in [0.1, 0.15) is 5.75 Å². The number of carbonyl (C=O) groups is 2. The maximum atomic E-state index is 14.0. The minimum Gasteiger partial charge on any atom is -0.497 e. The molecule has 154 valence electrons. The van der Waals surface area contributed by atoms with Crippen molar-refractivity contribution in [3.63, 3.8) is 0 Å². The third kappa shape index (κ3) is 4.94. The number of halogens is 1. The van der Waals surface area contributed by atoms with Crippen molar-refractivity contribution in [2.45, 2.75) is 6.92 Å². The highest BCUT2D eigenvalue weighted by molar-refractivity contribution is 6.12. The first-order valence-electron chi connectivity index (χ1n) is 9.30. The molecule has 0 aromatic heterocycles. The molecular formula is C23H21FN2O4. The summed E-state index contributed by atoms with van der Waals surface area (Å²) in [6.07, 6.45) is 0. The molecule has 3 rings (SSSR count). The van der Waals surface area contributed by atoms with Crippen molar-refractivity contribution in [2.24, 2.45) is 0 Å². The quantitative estimate of drug-likeness (QED) is 0.592. The highest BCUT2D eigenvalue weighted by Crippen LogP contribution is 2.23. The van der Waals surface area contributed by atoms with Crippen LogP contribution in [0.25, 0.3) is 0 Å². The van der Waals surface area contributed by atoms with Gasteiger partial charge in [-0.05, 0) is 55.5 Å². The normalized spacial score (nSPS) is 10.2. The summed E-state index contributed by atoms with van der Waals surface area (Å²) in [7, 11) is 1.54. The third-order valence-corrected chi connectivity index (χ3v) is 4.26. The second kappa shape index (κ2) is 9.56. The Labute approximate surface area is 173 Å². The number of para-hydroxylation sites is 1. The van der Waals surface area contributed by atoms with Crippen LogP contribution in [0.1, 0.15) is 27.6 Å². The number of hydrogen-bond donors (Lipinski definition) is 2. The van der Waals surface area contributed by atoms with E-state index in [-0.39, 0.29) is 22.9 Å². The van der Waals surface area contributed by atoms with Crippen molar-refractivity contribution >= 4 is 23.2 Å². The number of hydrogen-bond acceptors (Lipinski definition) is 4. The van der Waals surface area contributed by atoms with Crippen LogP contribution in [0, 0.1) is 5.82 Å². The van der Waals surface area contributed by atoms with Crippen LogP contribution in [0.2, 0.25) is 0 Å². The standard InChI is InChI=1S/C23H21FN2O4/c1-3-30-21-13-10-16(14-19(21)24)25-23(28)18-6-4-5-7-20(18)26-22(27)15-8-11-17(29-2)12-9-15/h4-14H,3H2,1-2H3,(H,25,28)(H,26,27). The predicted molar refractivity (Wildman–Crippen MR) is 113 cm³/mol. The Balaban J connectivity index is 1.76. The summed E-state index contributed by atoms with van der Waals surface area (Å²) in [5.41, 5.74) is 1.27. The summed E-state index contributed by atoms with van der Waals surface area (Å²) in [5, 5.41) is 5.37. The van der Waals surface area contributed by atoms with E-state index in [2.05, 4.69) is 10.6 Å². The van der Waals surface area contributed by atoms with E-state index in [0.717, 1.165) is 0 Å². The second-order valence-electron chi connectivity index (χ2n) is 6.26. The van der Waals surface area contributed by atoms with Crippen molar-refractivity contribution in [2.75, 3.05) is 24.4 Å². The van der Waals surface area contributed by atoms with Gasteiger partial charge in [-0.2, -0.15) is 0 Å². The maximum Gasteiger partial charge on any atom is 0.257 e. The van der Waals surface area contributed by atoms with Gasteiger partial charge in [-0.25, -0.2) is 4.39 Å². The Morgan fingerprint density at radius 1 is 0.933 bits per heavy atom. The van der Waals surface area contributed by atoms with Crippen LogP contribution >= 0.6 is 0 Å². The molecule has 0 saturated carbocycles. The Morgan fingerprint density at radius 3 is 2.33 bits per heavy atom. The van der Waals surface area contributed by atoms with Crippen molar-refractivity contribution in [3.05, 3.63) is 83.7 Å². The van der Waals surface area contributed by atoms with E-state index in [0.29, 0.717) is 23.6 Å². The minimum atomic E-state index is -0.573. The molecule has 2 N–H and O–H groups in total. The summed E-state index contributed by atoms with van der Waals surface area (Å²) in [6.45, 7) is 2.09. The lowest BCUT2D eigenvalue weighted by molar-refractivity contribution is 0.102. The van der Waals surface area contributed by atoms with Gasteiger partial charge in [0, 0.05) is 17.3 Å². The van der Waals surface area contributed by atoms with Gasteiger partial charge in [0.25, 0.3) is 11.8 Å². The zero-order valence-electron chi connectivity index (χ0n) is 16.6. The Morgan fingerprint density at radius 2 is 1.67 bits per heavy atom. The number of anilines is 2. The van der Waals surface area contributed by atoms with Gasteiger partial charge in [0.2, 0.25) is 0 Å². The molecule has 2 amide bonds. The minimum absolute atomic E-state index is 0.114. The largest absolute Gasteiger partial charge is 0.497 e. The fraction of sp³-hybridized carbons (Fsp3) is 0.130. The van der Waals surface area contributed by atoms with Gasteiger partial charge in [-0.3, -0.25) is 9.59 Å². The monoisotopic (exact) mass is 408 g/mol. The lowest BCUT2D eigenvalue weighted by atomic mass is 10.1. The molecule has 0 saturated heterocycles. The van der Waals surface area contributed by atoms with E-state index in [1.807, 2.05) is 0 Å². The van der Waals surface area contributed by atoms with Crippen LogP contribution in [-0.2, 0) is 0 Å². The van der Waals surface area contributed by atoms with Gasteiger partial charge in [0.15, 0.2) is 11.6 Å². The van der Waals surface area contributed by atoms with Gasteiger partial charge < -0.3 is 20.1 Å². The maximum absolute atomic E-state index is 14.0. The number of amides is 2. The molecule has 7 heteroatoms. The average Bonchev–Trinajstić information content (AvgIpc) is 2.76. The molecule has 0 heterocycles. The lowest BCUT2D eigenvalue weighted by Gasteiger charge is -2.12. The van der Waals surface area contributed by atoms with Crippen molar-refractivity contribution in [1.82, 2.24) is 0 Å². The molecule has 0 fully saturated rings. The lowest BCUT2D eigenvalue weighted by Crippen LogP contribution is -2.18. The van der Waals surface area contributed by atoms with Crippen molar-refractivity contribution < 1.29 is 23.5 Å². The first kappa shape index (κ1) is 20.9. The van der Waals surface area contributed by atoms with E-state index in [1.165, 1.54) is 12.1 Å². The highest BCUT2D eigenvalue weighted by Gasteiger charge is 2.15. The van der Waals surface area contributed by atoms with E-state index >= 15 is 0 Å². The number of ether oxygens (including phenoxy) is 2. The molecule has 0 unspecified atom stereocenters. The van der Waals surface area contributed by atoms with Crippen molar-refractivity contribution in [1.29, 1.82) is 0 Å². The van der Waals surface area contributed by atoms with Crippen molar-refractivity contribution in [3.8, 4) is 11.5 Å². The summed E-state index contributed by atoms with van der Waals surface area (Å²) >= 11 is 0. The van der Waals surface area contributed by atoms with E-state index in [9.17, 15) is 14.0 Å². The van der Waals surface area contributed by atoms with E-state index < -0.39 is 11.7 Å². The molecule has 6 nitrogen and oxygen atoms in total. The summed E-state index contributed by atoms with van der Waals surface area (Å²) in [4.78, 5) is 25.3. The highest BCUT2D eigenvalue weighted by atomic mass is 19.1. The first-order chi connectivity index (χ1) is 14.5. The zero-order valence-corrected chi connectivity index (χ0v) is 16.6. The summed E-state index contributed by atoms with van der Waals surface area (Å²) < 4.78 is 24.3. The fourth-order valence-corrected chi connectivity index (χ4v) is 2.78. The smallest absolute Gasteiger partial charge is 0.257 e. The number of benzene rings is 3. The van der Waals surface area contributed by atoms with Crippen LogP contribution in [0.15, 0.2) is 66.7 Å². The SMILES string of the molecule is CCOc1ccc(NC(=O)c2ccccc2NC(=O)c2ccc(OC)cc2)cc1F. The Hall–Kier alpha value is -3.87. The number of nitrogens with one attached hydrogen (secondary N) is 2. The van der Waals surface area contributed by atoms with E-state index in [4.69, 9.17) is 9.47 Å². The zero-order chi connectivity index (χ0) is 21.5. The molecule has 0 atom stereocenters. The molecule has 30 heavy (non-hydrogen) atoms. The number of methoxy groups -OCH3 is 1. The van der Waals surface area contributed by atoms with Crippen LogP contribution in [0.4, 0.5) is 15.8 Å². The van der Waals surface area contributed by atoms with Crippen LogP contribution in [-0.4, -0.2) is 25.5 Å². The predicted octanol–water partition coefficient (Wildman–Crippen LogP) is 4.74. The van der Waals surface area contributed by atoms with Crippen LogP contribution < -0.4 is 20.1 Å². The average molecular weight is 408 g/mol.